The SMILES string of the molecule is Cc1cc(Cl)c2n(c1=O)C1(CCCC1)NC2=O. The summed E-state index contributed by atoms with van der Waals surface area (Å²) in [5.74, 6) is -0.228. The lowest BCUT2D eigenvalue weighted by Gasteiger charge is -2.26. The van der Waals surface area contributed by atoms with E-state index in [2.05, 4.69) is 5.32 Å². The van der Waals surface area contributed by atoms with Crippen LogP contribution in [0.25, 0.3) is 0 Å². The summed E-state index contributed by atoms with van der Waals surface area (Å²) in [5, 5.41) is 3.31. The minimum atomic E-state index is -0.515. The van der Waals surface area contributed by atoms with Crippen molar-refractivity contribution < 1.29 is 4.79 Å². The van der Waals surface area contributed by atoms with E-state index in [1.807, 2.05) is 0 Å². The second-order valence-electron chi connectivity index (χ2n) is 4.86. The number of carbonyl (C=O) groups excluding carboxylic acids is 1. The van der Waals surface area contributed by atoms with Gasteiger partial charge in [0.15, 0.2) is 0 Å². The maximum atomic E-state index is 12.2. The van der Waals surface area contributed by atoms with Gasteiger partial charge in [0.25, 0.3) is 11.5 Å². The predicted octanol–water partition coefficient (Wildman–Crippen LogP) is 1.78. The van der Waals surface area contributed by atoms with Crippen molar-refractivity contribution in [2.75, 3.05) is 0 Å². The van der Waals surface area contributed by atoms with Crippen molar-refractivity contribution in [1.29, 1.82) is 0 Å². The Hall–Kier alpha value is -1.29. The van der Waals surface area contributed by atoms with Gasteiger partial charge in [-0.15, -0.1) is 0 Å². The first kappa shape index (κ1) is 10.8. The van der Waals surface area contributed by atoms with E-state index in [0.29, 0.717) is 16.3 Å². The van der Waals surface area contributed by atoms with Crippen molar-refractivity contribution in [2.24, 2.45) is 0 Å². The summed E-state index contributed by atoms with van der Waals surface area (Å²) < 4.78 is 1.58. The van der Waals surface area contributed by atoms with Gasteiger partial charge in [0, 0.05) is 5.56 Å². The van der Waals surface area contributed by atoms with E-state index in [4.69, 9.17) is 11.6 Å². The highest BCUT2D eigenvalue weighted by atomic mass is 35.5. The average molecular weight is 253 g/mol. The molecule has 0 aromatic carbocycles. The van der Waals surface area contributed by atoms with Gasteiger partial charge in [-0.1, -0.05) is 11.6 Å². The van der Waals surface area contributed by atoms with Gasteiger partial charge in [0.05, 0.1) is 5.02 Å². The number of nitrogens with one attached hydrogen (secondary N) is 1. The van der Waals surface area contributed by atoms with Crippen molar-refractivity contribution in [1.82, 2.24) is 9.88 Å². The highest BCUT2D eigenvalue weighted by Crippen LogP contribution is 2.39. The molecule has 1 saturated carbocycles. The van der Waals surface area contributed by atoms with Gasteiger partial charge in [0.2, 0.25) is 0 Å². The number of rotatable bonds is 0. The number of halogens is 1. The molecule has 0 saturated heterocycles. The zero-order chi connectivity index (χ0) is 12.2. The third-order valence-corrected chi connectivity index (χ3v) is 4.04. The minimum Gasteiger partial charge on any atom is -0.327 e. The number of aryl methyl sites for hydroxylation is 1. The molecule has 2 aliphatic rings. The Labute approximate surface area is 104 Å². The number of aromatic nitrogens is 1. The third kappa shape index (κ3) is 1.30. The molecule has 0 radical (unpaired) electrons. The number of carbonyl (C=O) groups is 1. The summed E-state index contributed by atoms with van der Waals surface area (Å²) in [6.45, 7) is 1.73. The predicted molar refractivity (Wildman–Crippen MR) is 64.4 cm³/mol. The van der Waals surface area contributed by atoms with E-state index < -0.39 is 5.66 Å². The van der Waals surface area contributed by atoms with Crippen LogP contribution in [0.1, 0.15) is 41.7 Å². The average Bonchev–Trinajstić information content (AvgIpc) is 2.82. The number of amides is 1. The van der Waals surface area contributed by atoms with Gasteiger partial charge in [-0.25, -0.2) is 0 Å². The molecule has 4 nitrogen and oxygen atoms in total. The molecule has 17 heavy (non-hydrogen) atoms. The zero-order valence-electron chi connectivity index (χ0n) is 9.55. The number of pyridine rings is 1. The van der Waals surface area contributed by atoms with Gasteiger partial charge in [-0.05, 0) is 38.7 Å². The van der Waals surface area contributed by atoms with Gasteiger partial charge in [0.1, 0.15) is 11.4 Å². The van der Waals surface area contributed by atoms with Crippen LogP contribution in [0.5, 0.6) is 0 Å². The Bertz CT molecular complexity index is 571. The Kier molecular flexibility index (Phi) is 2.14. The summed E-state index contributed by atoms with van der Waals surface area (Å²) >= 11 is 6.08. The van der Waals surface area contributed by atoms with E-state index in [1.165, 1.54) is 0 Å². The maximum Gasteiger partial charge on any atom is 0.271 e. The van der Waals surface area contributed by atoms with E-state index >= 15 is 0 Å². The van der Waals surface area contributed by atoms with Crippen LogP contribution >= 0.6 is 11.6 Å². The lowest BCUT2D eigenvalue weighted by atomic mass is 10.1. The molecule has 1 fully saturated rings. The normalized spacial score (nSPS) is 20.7. The van der Waals surface area contributed by atoms with Crippen LogP contribution in [0.2, 0.25) is 5.02 Å². The molecule has 1 N–H and O–H groups in total. The molecule has 1 aromatic rings. The van der Waals surface area contributed by atoms with Crippen molar-refractivity contribution >= 4 is 17.5 Å². The van der Waals surface area contributed by atoms with Crippen LogP contribution in [-0.4, -0.2) is 10.5 Å². The Morgan fingerprint density at radius 3 is 2.65 bits per heavy atom. The first-order valence-corrected chi connectivity index (χ1v) is 6.18. The largest absolute Gasteiger partial charge is 0.327 e. The molecule has 2 heterocycles. The molecule has 0 atom stereocenters. The first-order chi connectivity index (χ1) is 8.05. The summed E-state index contributed by atoms with van der Waals surface area (Å²) in [5.41, 5.74) is 0.287. The molecule has 0 unspecified atom stereocenters. The highest BCUT2D eigenvalue weighted by Gasteiger charge is 2.46. The van der Waals surface area contributed by atoms with Crippen LogP contribution in [-0.2, 0) is 5.66 Å². The van der Waals surface area contributed by atoms with Crippen molar-refractivity contribution in [3.63, 3.8) is 0 Å². The maximum absolute atomic E-state index is 12.2. The lowest BCUT2D eigenvalue weighted by Crippen LogP contribution is -2.45. The van der Waals surface area contributed by atoms with Crippen molar-refractivity contribution in [2.45, 2.75) is 38.3 Å². The molecular formula is C12H13ClN2O2. The smallest absolute Gasteiger partial charge is 0.271 e. The van der Waals surface area contributed by atoms with E-state index in [-0.39, 0.29) is 11.5 Å². The van der Waals surface area contributed by atoms with Gasteiger partial charge in [-0.2, -0.15) is 0 Å². The fourth-order valence-electron chi connectivity index (χ4n) is 2.96. The highest BCUT2D eigenvalue weighted by molar-refractivity contribution is 6.33. The second kappa shape index (κ2) is 3.35. The summed E-state index contributed by atoms with van der Waals surface area (Å²) in [4.78, 5) is 24.2. The third-order valence-electron chi connectivity index (χ3n) is 3.75. The van der Waals surface area contributed by atoms with Crippen LogP contribution in [0.3, 0.4) is 0 Å². The number of nitrogens with zero attached hydrogens (tertiary/aromatic N) is 1. The standard InChI is InChI=1S/C12H13ClN2O2/c1-7-6-8(13)9-10(16)14-12(4-2-3-5-12)15(9)11(7)17/h6H,2-5H2,1H3,(H,14,16). The van der Waals surface area contributed by atoms with Gasteiger partial charge < -0.3 is 5.32 Å². The van der Waals surface area contributed by atoms with Crippen molar-refractivity contribution in [3.05, 3.63) is 32.7 Å². The van der Waals surface area contributed by atoms with Gasteiger partial charge >= 0.3 is 0 Å². The molecule has 1 amide bonds. The number of fused-ring (bicyclic) bond motifs is 2. The quantitative estimate of drug-likeness (QED) is 0.765. The number of hydrogen-bond acceptors (Lipinski definition) is 2. The Morgan fingerprint density at radius 1 is 1.35 bits per heavy atom. The zero-order valence-corrected chi connectivity index (χ0v) is 10.3. The van der Waals surface area contributed by atoms with Crippen LogP contribution in [0.4, 0.5) is 0 Å². The summed E-state index contributed by atoms with van der Waals surface area (Å²) in [6.07, 6.45) is 3.67. The van der Waals surface area contributed by atoms with Crippen LogP contribution < -0.4 is 10.9 Å². The lowest BCUT2D eigenvalue weighted by molar-refractivity contribution is 0.0920. The topological polar surface area (TPSA) is 51.1 Å². The second-order valence-corrected chi connectivity index (χ2v) is 5.26. The molecule has 1 aliphatic heterocycles. The molecule has 1 aliphatic carbocycles. The molecule has 0 bridgehead atoms. The minimum absolute atomic E-state index is 0.107. The molecule has 5 heteroatoms. The molecule has 1 aromatic heterocycles. The Balaban J connectivity index is 2.36. The molecular weight excluding hydrogens is 240 g/mol. The van der Waals surface area contributed by atoms with E-state index in [9.17, 15) is 9.59 Å². The summed E-state index contributed by atoms with van der Waals surface area (Å²) in [6, 6.07) is 1.57. The van der Waals surface area contributed by atoms with Crippen molar-refractivity contribution in [3.8, 4) is 0 Å². The summed E-state index contributed by atoms with van der Waals surface area (Å²) in [7, 11) is 0. The van der Waals surface area contributed by atoms with E-state index in [1.54, 1.807) is 17.6 Å². The fraction of sp³-hybridized carbons (Fsp3) is 0.500. The first-order valence-electron chi connectivity index (χ1n) is 5.80. The monoisotopic (exact) mass is 252 g/mol. The van der Waals surface area contributed by atoms with E-state index in [0.717, 1.165) is 25.7 Å². The molecule has 3 rings (SSSR count). The molecule has 90 valence electrons. The van der Waals surface area contributed by atoms with Crippen LogP contribution in [0, 0.1) is 6.92 Å². The Morgan fingerprint density at radius 2 is 2.00 bits per heavy atom. The number of hydrogen-bond donors (Lipinski definition) is 1. The fourth-order valence-corrected chi connectivity index (χ4v) is 3.29. The van der Waals surface area contributed by atoms with Gasteiger partial charge in [-0.3, -0.25) is 14.2 Å². The van der Waals surface area contributed by atoms with Crippen LogP contribution in [0.15, 0.2) is 10.9 Å². The molecule has 1 spiro atoms.